The van der Waals surface area contributed by atoms with Gasteiger partial charge in [-0.25, -0.2) is 4.79 Å². The summed E-state index contributed by atoms with van der Waals surface area (Å²) in [6.45, 7) is 1.77. The number of aromatic nitrogens is 2. The second-order valence-electron chi connectivity index (χ2n) is 4.29. The molecule has 0 radical (unpaired) electrons. The van der Waals surface area contributed by atoms with Crippen LogP contribution in [0.3, 0.4) is 0 Å². The van der Waals surface area contributed by atoms with Crippen molar-refractivity contribution in [1.82, 2.24) is 14.9 Å². The lowest BCUT2D eigenvalue weighted by molar-refractivity contribution is 0.546. The lowest BCUT2D eigenvalue weighted by Gasteiger charge is -2.10. The third kappa shape index (κ3) is 1.54. The Hall–Kier alpha value is -2.06. The number of benzene rings is 1. The SMILES string of the molecule is N#Cc1ccc2c(c1)[nH]c(=O)n2C1CCNC1. The Kier molecular flexibility index (Phi) is 2.23. The number of nitrogens with zero attached hydrogens (tertiary/aromatic N) is 2. The second kappa shape index (κ2) is 3.75. The van der Waals surface area contributed by atoms with Gasteiger partial charge in [0.05, 0.1) is 28.7 Å². The van der Waals surface area contributed by atoms with Gasteiger partial charge in [0, 0.05) is 6.54 Å². The zero-order valence-electron chi connectivity index (χ0n) is 9.23. The third-order valence-electron chi connectivity index (χ3n) is 3.25. The van der Waals surface area contributed by atoms with Gasteiger partial charge in [0.2, 0.25) is 0 Å². The van der Waals surface area contributed by atoms with Gasteiger partial charge in [0.1, 0.15) is 0 Å². The molecule has 2 heterocycles. The molecule has 0 saturated carbocycles. The number of hydrogen-bond donors (Lipinski definition) is 2. The summed E-state index contributed by atoms with van der Waals surface area (Å²) in [5.41, 5.74) is 2.09. The fourth-order valence-corrected chi connectivity index (χ4v) is 2.42. The van der Waals surface area contributed by atoms with E-state index in [2.05, 4.69) is 16.4 Å². The number of H-pyrrole nitrogens is 1. The zero-order valence-corrected chi connectivity index (χ0v) is 9.23. The van der Waals surface area contributed by atoms with Gasteiger partial charge in [-0.1, -0.05) is 0 Å². The molecule has 1 aliphatic rings. The molecule has 1 unspecified atom stereocenters. The third-order valence-corrected chi connectivity index (χ3v) is 3.25. The first-order valence-corrected chi connectivity index (χ1v) is 5.64. The van der Waals surface area contributed by atoms with Crippen molar-refractivity contribution in [3.8, 4) is 6.07 Å². The minimum absolute atomic E-state index is 0.0937. The van der Waals surface area contributed by atoms with Gasteiger partial charge < -0.3 is 10.3 Å². The lowest BCUT2D eigenvalue weighted by Crippen LogP contribution is -2.23. The molecular formula is C12H12N4O. The minimum atomic E-state index is -0.0937. The lowest BCUT2D eigenvalue weighted by atomic mass is 10.2. The largest absolute Gasteiger partial charge is 0.326 e. The number of rotatable bonds is 1. The fourth-order valence-electron chi connectivity index (χ4n) is 2.42. The van der Waals surface area contributed by atoms with E-state index >= 15 is 0 Å². The normalized spacial score (nSPS) is 19.6. The highest BCUT2D eigenvalue weighted by atomic mass is 16.1. The molecule has 0 amide bonds. The molecule has 86 valence electrons. The van der Waals surface area contributed by atoms with Crippen LogP contribution in [0.15, 0.2) is 23.0 Å². The van der Waals surface area contributed by atoms with Crippen LogP contribution < -0.4 is 11.0 Å². The minimum Gasteiger partial charge on any atom is -0.315 e. The van der Waals surface area contributed by atoms with Crippen molar-refractivity contribution >= 4 is 11.0 Å². The van der Waals surface area contributed by atoms with Crippen molar-refractivity contribution < 1.29 is 0 Å². The van der Waals surface area contributed by atoms with Gasteiger partial charge in [0.15, 0.2) is 0 Å². The number of aromatic amines is 1. The summed E-state index contributed by atoms with van der Waals surface area (Å²) in [7, 11) is 0. The van der Waals surface area contributed by atoms with Crippen LogP contribution in [-0.2, 0) is 0 Å². The predicted octanol–water partition coefficient (Wildman–Crippen LogP) is 0.736. The molecule has 2 N–H and O–H groups in total. The van der Waals surface area contributed by atoms with Crippen LogP contribution in [0.5, 0.6) is 0 Å². The van der Waals surface area contributed by atoms with E-state index in [0.29, 0.717) is 5.56 Å². The molecule has 2 aromatic rings. The van der Waals surface area contributed by atoms with Gasteiger partial charge in [-0.3, -0.25) is 4.57 Å². The van der Waals surface area contributed by atoms with Crippen molar-refractivity contribution in [2.75, 3.05) is 13.1 Å². The smallest absolute Gasteiger partial charge is 0.315 e. The van der Waals surface area contributed by atoms with Crippen LogP contribution in [0.2, 0.25) is 0 Å². The molecule has 17 heavy (non-hydrogen) atoms. The van der Waals surface area contributed by atoms with Gasteiger partial charge in [0.25, 0.3) is 0 Å². The number of fused-ring (bicyclic) bond motifs is 1. The molecule has 0 bridgehead atoms. The number of nitriles is 1. The highest BCUT2D eigenvalue weighted by Crippen LogP contribution is 2.20. The van der Waals surface area contributed by atoms with Crippen LogP contribution >= 0.6 is 0 Å². The number of imidazole rings is 1. The highest BCUT2D eigenvalue weighted by molar-refractivity contribution is 5.77. The molecule has 1 fully saturated rings. The molecule has 5 nitrogen and oxygen atoms in total. The van der Waals surface area contributed by atoms with E-state index < -0.39 is 0 Å². The Morgan fingerprint density at radius 1 is 1.47 bits per heavy atom. The first-order valence-electron chi connectivity index (χ1n) is 5.64. The average Bonchev–Trinajstić information content (AvgIpc) is 2.93. The topological polar surface area (TPSA) is 73.6 Å². The maximum Gasteiger partial charge on any atom is 0.326 e. The summed E-state index contributed by atoms with van der Waals surface area (Å²) in [6, 6.07) is 7.59. The first kappa shape index (κ1) is 10.1. The second-order valence-corrected chi connectivity index (χ2v) is 4.29. The molecule has 1 aliphatic heterocycles. The van der Waals surface area contributed by atoms with E-state index in [9.17, 15) is 4.79 Å². The van der Waals surface area contributed by atoms with Crippen LogP contribution in [-0.4, -0.2) is 22.6 Å². The van der Waals surface area contributed by atoms with E-state index in [-0.39, 0.29) is 11.7 Å². The Bertz CT molecular complexity index is 655. The van der Waals surface area contributed by atoms with Crippen molar-refractivity contribution in [2.24, 2.45) is 0 Å². The molecule has 1 aromatic heterocycles. The molecule has 1 atom stereocenters. The standard InChI is InChI=1S/C12H12N4O/c13-6-8-1-2-11-10(5-8)15-12(17)16(11)9-3-4-14-7-9/h1-2,5,9,14H,3-4,7H2,(H,15,17). The first-order chi connectivity index (χ1) is 8.29. The molecule has 5 heteroatoms. The monoisotopic (exact) mass is 228 g/mol. The Labute approximate surface area is 97.7 Å². The highest BCUT2D eigenvalue weighted by Gasteiger charge is 2.20. The summed E-state index contributed by atoms with van der Waals surface area (Å²) in [5, 5.41) is 12.1. The van der Waals surface area contributed by atoms with Crippen molar-refractivity contribution in [1.29, 1.82) is 5.26 Å². The molecule has 0 aliphatic carbocycles. The van der Waals surface area contributed by atoms with E-state index in [1.807, 2.05) is 6.07 Å². The van der Waals surface area contributed by atoms with Crippen molar-refractivity contribution in [3.05, 3.63) is 34.2 Å². The van der Waals surface area contributed by atoms with E-state index in [0.717, 1.165) is 30.5 Å². The van der Waals surface area contributed by atoms with E-state index in [1.54, 1.807) is 16.7 Å². The van der Waals surface area contributed by atoms with Crippen LogP contribution in [0.1, 0.15) is 18.0 Å². The summed E-state index contributed by atoms with van der Waals surface area (Å²) in [5.74, 6) is 0. The summed E-state index contributed by atoms with van der Waals surface area (Å²) < 4.78 is 1.79. The van der Waals surface area contributed by atoms with Gasteiger partial charge >= 0.3 is 5.69 Å². The Morgan fingerprint density at radius 2 is 2.35 bits per heavy atom. The van der Waals surface area contributed by atoms with Gasteiger partial charge in [-0.15, -0.1) is 0 Å². The van der Waals surface area contributed by atoms with Crippen LogP contribution in [0.25, 0.3) is 11.0 Å². The van der Waals surface area contributed by atoms with Crippen molar-refractivity contribution in [2.45, 2.75) is 12.5 Å². The average molecular weight is 228 g/mol. The summed E-state index contributed by atoms with van der Waals surface area (Å²) >= 11 is 0. The molecular weight excluding hydrogens is 216 g/mol. The summed E-state index contributed by atoms with van der Waals surface area (Å²) in [4.78, 5) is 14.7. The fraction of sp³-hybridized carbons (Fsp3) is 0.333. The van der Waals surface area contributed by atoms with E-state index in [4.69, 9.17) is 5.26 Å². The maximum absolute atomic E-state index is 11.9. The van der Waals surface area contributed by atoms with Crippen molar-refractivity contribution in [3.63, 3.8) is 0 Å². The van der Waals surface area contributed by atoms with Gasteiger partial charge in [-0.2, -0.15) is 5.26 Å². The molecule has 1 saturated heterocycles. The Balaban J connectivity index is 2.21. The maximum atomic E-state index is 11.9. The van der Waals surface area contributed by atoms with E-state index in [1.165, 1.54) is 0 Å². The van der Waals surface area contributed by atoms with Crippen LogP contribution in [0.4, 0.5) is 0 Å². The molecule has 0 spiro atoms. The number of nitrogens with one attached hydrogen (secondary N) is 2. The number of hydrogen-bond acceptors (Lipinski definition) is 3. The zero-order chi connectivity index (χ0) is 11.8. The van der Waals surface area contributed by atoms with Gasteiger partial charge in [-0.05, 0) is 31.2 Å². The molecule has 1 aromatic carbocycles. The quantitative estimate of drug-likeness (QED) is 0.756. The van der Waals surface area contributed by atoms with Crippen LogP contribution in [0, 0.1) is 11.3 Å². The summed E-state index contributed by atoms with van der Waals surface area (Å²) in [6.07, 6.45) is 0.965. The molecule has 3 rings (SSSR count). The predicted molar refractivity (Wildman–Crippen MR) is 63.8 cm³/mol. The Morgan fingerprint density at radius 3 is 3.06 bits per heavy atom.